The van der Waals surface area contributed by atoms with E-state index >= 15 is 0 Å². The first kappa shape index (κ1) is 12.9. The fourth-order valence-corrected chi connectivity index (χ4v) is 1.27. The molecular weight excluding hydrogens is 162 g/mol. The van der Waals surface area contributed by atoms with Crippen molar-refractivity contribution in [3.63, 3.8) is 0 Å². The Balaban J connectivity index is 3.03. The Hall–Kier alpha value is -0.0800. The van der Waals surface area contributed by atoms with Gasteiger partial charge in [0.15, 0.2) is 0 Å². The van der Waals surface area contributed by atoms with Gasteiger partial charge in [0, 0.05) is 13.2 Å². The molecule has 0 rings (SSSR count). The molecule has 13 heavy (non-hydrogen) atoms. The van der Waals surface area contributed by atoms with Crippen LogP contribution in [0, 0.1) is 5.92 Å². The Kier molecular flexibility index (Phi) is 9.94. The molecule has 0 bridgehead atoms. The van der Waals surface area contributed by atoms with Gasteiger partial charge in [-0.2, -0.15) is 0 Å². The molecule has 0 spiro atoms. The van der Waals surface area contributed by atoms with Gasteiger partial charge in [-0.1, -0.05) is 20.8 Å². The van der Waals surface area contributed by atoms with Gasteiger partial charge in [-0.15, -0.1) is 0 Å². The average molecular weight is 187 g/mol. The molecule has 0 aliphatic rings. The standard InChI is InChI=1S/C11H25NO/c1-4-8-13-9-6-7-11(3)10-12-5-2/h11-12H,4-10H2,1-3H3/t11-/m0/s1. The smallest absolute Gasteiger partial charge is 0.0466 e. The zero-order valence-electron chi connectivity index (χ0n) is 9.44. The summed E-state index contributed by atoms with van der Waals surface area (Å²) in [5, 5.41) is 3.36. The molecule has 2 nitrogen and oxygen atoms in total. The van der Waals surface area contributed by atoms with Crippen LogP contribution < -0.4 is 5.32 Å². The molecule has 0 aromatic heterocycles. The molecule has 0 aromatic carbocycles. The Labute approximate surface area is 83.1 Å². The highest BCUT2D eigenvalue weighted by atomic mass is 16.5. The van der Waals surface area contributed by atoms with E-state index in [1.807, 2.05) is 0 Å². The highest BCUT2D eigenvalue weighted by Crippen LogP contribution is 2.03. The van der Waals surface area contributed by atoms with Crippen molar-refractivity contribution in [3.05, 3.63) is 0 Å². The minimum Gasteiger partial charge on any atom is -0.381 e. The van der Waals surface area contributed by atoms with Crippen molar-refractivity contribution >= 4 is 0 Å². The minimum absolute atomic E-state index is 0.783. The van der Waals surface area contributed by atoms with Crippen LogP contribution in [0.1, 0.15) is 40.0 Å². The molecule has 2 heteroatoms. The van der Waals surface area contributed by atoms with Crippen molar-refractivity contribution in [1.29, 1.82) is 0 Å². The van der Waals surface area contributed by atoms with Crippen LogP contribution in [0.4, 0.5) is 0 Å². The van der Waals surface area contributed by atoms with Gasteiger partial charge in [-0.05, 0) is 38.3 Å². The highest BCUT2D eigenvalue weighted by Gasteiger charge is 1.99. The summed E-state index contributed by atoms with van der Waals surface area (Å²) in [7, 11) is 0. The van der Waals surface area contributed by atoms with E-state index in [-0.39, 0.29) is 0 Å². The van der Waals surface area contributed by atoms with E-state index in [1.54, 1.807) is 0 Å². The van der Waals surface area contributed by atoms with Crippen molar-refractivity contribution in [3.8, 4) is 0 Å². The van der Waals surface area contributed by atoms with Crippen LogP contribution in [-0.4, -0.2) is 26.3 Å². The summed E-state index contributed by atoms with van der Waals surface area (Å²) in [4.78, 5) is 0. The summed E-state index contributed by atoms with van der Waals surface area (Å²) in [5.74, 6) is 0.783. The number of hydrogen-bond acceptors (Lipinski definition) is 2. The summed E-state index contributed by atoms with van der Waals surface area (Å²) >= 11 is 0. The van der Waals surface area contributed by atoms with Gasteiger partial charge >= 0.3 is 0 Å². The third kappa shape index (κ3) is 9.84. The summed E-state index contributed by atoms with van der Waals surface area (Å²) in [5.41, 5.74) is 0. The van der Waals surface area contributed by atoms with E-state index < -0.39 is 0 Å². The van der Waals surface area contributed by atoms with Gasteiger partial charge in [-0.3, -0.25) is 0 Å². The molecule has 0 aromatic rings. The van der Waals surface area contributed by atoms with E-state index in [2.05, 4.69) is 26.1 Å². The lowest BCUT2D eigenvalue weighted by Crippen LogP contribution is -2.20. The molecule has 0 saturated heterocycles. The van der Waals surface area contributed by atoms with Crippen molar-refractivity contribution in [2.45, 2.75) is 40.0 Å². The summed E-state index contributed by atoms with van der Waals surface area (Å²) in [6, 6.07) is 0. The maximum atomic E-state index is 5.42. The second-order valence-corrected chi connectivity index (χ2v) is 3.67. The Morgan fingerprint density at radius 3 is 2.62 bits per heavy atom. The first-order valence-electron chi connectivity index (χ1n) is 5.59. The molecule has 1 N–H and O–H groups in total. The Morgan fingerprint density at radius 1 is 1.23 bits per heavy atom. The normalized spacial score (nSPS) is 13.2. The second kappa shape index (κ2) is 10.0. The lowest BCUT2D eigenvalue weighted by molar-refractivity contribution is 0.128. The summed E-state index contributed by atoms with van der Waals surface area (Å²) in [6.45, 7) is 10.7. The van der Waals surface area contributed by atoms with Crippen molar-refractivity contribution in [1.82, 2.24) is 5.32 Å². The van der Waals surface area contributed by atoms with Crippen LogP contribution in [0.2, 0.25) is 0 Å². The van der Waals surface area contributed by atoms with Gasteiger partial charge < -0.3 is 10.1 Å². The second-order valence-electron chi connectivity index (χ2n) is 3.67. The van der Waals surface area contributed by atoms with Gasteiger partial charge in [0.1, 0.15) is 0 Å². The zero-order chi connectivity index (χ0) is 9.94. The molecule has 0 aliphatic heterocycles. The molecule has 0 amide bonds. The van der Waals surface area contributed by atoms with Gasteiger partial charge in [0.25, 0.3) is 0 Å². The molecule has 0 heterocycles. The van der Waals surface area contributed by atoms with Gasteiger partial charge in [0.05, 0.1) is 0 Å². The molecule has 1 atom stereocenters. The number of rotatable bonds is 9. The van der Waals surface area contributed by atoms with E-state index in [4.69, 9.17) is 4.74 Å². The third-order valence-electron chi connectivity index (χ3n) is 2.08. The Morgan fingerprint density at radius 2 is 2.00 bits per heavy atom. The largest absolute Gasteiger partial charge is 0.381 e. The zero-order valence-corrected chi connectivity index (χ0v) is 9.44. The Bertz CT molecular complexity index is 96.1. The number of nitrogens with one attached hydrogen (secondary N) is 1. The van der Waals surface area contributed by atoms with Crippen molar-refractivity contribution < 1.29 is 4.74 Å². The van der Waals surface area contributed by atoms with Crippen LogP contribution in [0.15, 0.2) is 0 Å². The molecule has 80 valence electrons. The van der Waals surface area contributed by atoms with E-state index in [1.165, 1.54) is 12.8 Å². The molecule has 0 unspecified atom stereocenters. The maximum Gasteiger partial charge on any atom is 0.0466 e. The van der Waals surface area contributed by atoms with Crippen molar-refractivity contribution in [2.75, 3.05) is 26.3 Å². The van der Waals surface area contributed by atoms with Crippen LogP contribution in [0.3, 0.4) is 0 Å². The third-order valence-corrected chi connectivity index (χ3v) is 2.08. The lowest BCUT2D eigenvalue weighted by Gasteiger charge is -2.11. The quantitative estimate of drug-likeness (QED) is 0.560. The van der Waals surface area contributed by atoms with E-state index in [0.717, 1.165) is 38.6 Å². The lowest BCUT2D eigenvalue weighted by atomic mass is 10.1. The molecule has 0 fully saturated rings. The monoisotopic (exact) mass is 187 g/mol. The van der Waals surface area contributed by atoms with Crippen LogP contribution >= 0.6 is 0 Å². The molecule has 0 radical (unpaired) electrons. The maximum absolute atomic E-state index is 5.42. The van der Waals surface area contributed by atoms with Crippen LogP contribution in [-0.2, 0) is 4.74 Å². The SMILES string of the molecule is CCCOCCC[C@H](C)CNCC. The first-order chi connectivity index (χ1) is 6.31. The fourth-order valence-electron chi connectivity index (χ4n) is 1.27. The van der Waals surface area contributed by atoms with E-state index in [0.29, 0.717) is 0 Å². The van der Waals surface area contributed by atoms with E-state index in [9.17, 15) is 0 Å². The topological polar surface area (TPSA) is 21.3 Å². The fraction of sp³-hybridized carbons (Fsp3) is 1.00. The summed E-state index contributed by atoms with van der Waals surface area (Å²) in [6.07, 6.45) is 3.61. The predicted octanol–water partition coefficient (Wildman–Crippen LogP) is 2.44. The van der Waals surface area contributed by atoms with Gasteiger partial charge in [0.2, 0.25) is 0 Å². The summed E-state index contributed by atoms with van der Waals surface area (Å²) < 4.78 is 5.42. The first-order valence-corrected chi connectivity index (χ1v) is 5.59. The molecule has 0 aliphatic carbocycles. The number of hydrogen-bond donors (Lipinski definition) is 1. The average Bonchev–Trinajstić information content (AvgIpc) is 2.14. The van der Waals surface area contributed by atoms with Crippen LogP contribution in [0.5, 0.6) is 0 Å². The molecule has 0 saturated carbocycles. The number of ether oxygens (including phenoxy) is 1. The molecular formula is C11H25NO. The van der Waals surface area contributed by atoms with Crippen LogP contribution in [0.25, 0.3) is 0 Å². The van der Waals surface area contributed by atoms with Gasteiger partial charge in [-0.25, -0.2) is 0 Å². The van der Waals surface area contributed by atoms with Crippen molar-refractivity contribution in [2.24, 2.45) is 5.92 Å². The predicted molar refractivity (Wildman–Crippen MR) is 58.1 cm³/mol. The highest BCUT2D eigenvalue weighted by molar-refractivity contribution is 4.55. The minimum atomic E-state index is 0.783.